The molecule has 0 fully saturated rings. The minimum Gasteiger partial charge on any atom is -0.382 e. The van der Waals surface area contributed by atoms with Gasteiger partial charge in [0.05, 0.1) is 79.3 Å². The van der Waals surface area contributed by atoms with Gasteiger partial charge < -0.3 is 41.7 Å². The van der Waals surface area contributed by atoms with Crippen molar-refractivity contribution in [1.29, 1.82) is 0 Å². The fourth-order valence-corrected chi connectivity index (χ4v) is 6.78. The lowest BCUT2D eigenvalue weighted by Crippen LogP contribution is -2.78. The average molecular weight is 1030 g/mol. The quantitative estimate of drug-likeness (QED) is 0.0357. The van der Waals surface area contributed by atoms with Gasteiger partial charge in [-0.3, -0.25) is 0 Å². The van der Waals surface area contributed by atoms with Crippen molar-refractivity contribution in [3.8, 4) is 0 Å². The highest BCUT2D eigenvalue weighted by atomic mass is 28.4. The molecule has 0 atom stereocenters. The number of methoxy groups -OCH3 is 3. The monoisotopic (exact) mass is 1030 g/mol. The van der Waals surface area contributed by atoms with Crippen LogP contribution < -0.4 is 0 Å². The second-order valence-electron chi connectivity index (χ2n) is 12.5. The van der Waals surface area contributed by atoms with Crippen molar-refractivity contribution in [2.45, 2.75) is 83.8 Å². The Kier molecular flexibility index (Phi) is 21.8. The fraction of sp³-hybridized carbons (Fsp3) is 1.00. The van der Waals surface area contributed by atoms with E-state index in [1.54, 1.807) is 0 Å². The van der Waals surface area contributed by atoms with Crippen molar-refractivity contribution in [3.63, 3.8) is 0 Å². The van der Waals surface area contributed by atoms with Crippen molar-refractivity contribution in [2.24, 2.45) is 0 Å². The summed E-state index contributed by atoms with van der Waals surface area (Å²) in [5, 5.41) is 0. The average Bonchev–Trinajstić information content (AvgIpc) is 3.16. The first-order valence-electron chi connectivity index (χ1n) is 17.0. The molecule has 0 aliphatic rings. The fourth-order valence-electron chi connectivity index (χ4n) is 4.29. The zero-order chi connectivity index (χ0) is 50.8. The van der Waals surface area contributed by atoms with Crippen LogP contribution in [0.25, 0.3) is 0 Å². The van der Waals surface area contributed by atoms with Gasteiger partial charge in [0.1, 0.15) is 0 Å². The Morgan fingerprint density at radius 1 is 0.281 bits per heavy atom. The molecule has 9 nitrogen and oxygen atoms in total. The standard InChI is InChI=1S/C29H37F25O9Si/c1-55-5-8-58-11-14-61-64(62-15-12-59-9-6-56-2,63-16-13-60-10-7-57-3)17-4-18(30,31)19(32,33)20(34,35)21(36,37)22(38,39)23(40,41)24(42,43)25(44,45)26(46,47)27(48,49)28(50,51)29(52,53)54/h4-17H2,1-3H3. The van der Waals surface area contributed by atoms with Gasteiger partial charge in [0, 0.05) is 33.8 Å². The van der Waals surface area contributed by atoms with Crippen LogP contribution in [0.1, 0.15) is 6.42 Å². The van der Waals surface area contributed by atoms with E-state index in [0.717, 1.165) is 0 Å². The molecule has 0 saturated carbocycles. The third-order valence-corrected chi connectivity index (χ3v) is 10.8. The zero-order valence-electron chi connectivity index (χ0n) is 32.5. The van der Waals surface area contributed by atoms with E-state index in [1.165, 1.54) is 21.3 Å². The zero-order valence-corrected chi connectivity index (χ0v) is 33.5. The Bertz CT molecular complexity index is 1350. The molecule has 0 spiro atoms. The van der Waals surface area contributed by atoms with Gasteiger partial charge in [-0.05, 0) is 0 Å². The van der Waals surface area contributed by atoms with Crippen LogP contribution in [0.2, 0.25) is 6.04 Å². The number of ether oxygens (including phenoxy) is 6. The molecule has 0 aromatic carbocycles. The van der Waals surface area contributed by atoms with E-state index >= 15 is 8.78 Å². The van der Waals surface area contributed by atoms with Gasteiger partial charge >= 0.3 is 80.1 Å². The highest BCUT2D eigenvalue weighted by Crippen LogP contribution is 2.68. The molecule has 0 heterocycles. The summed E-state index contributed by atoms with van der Waals surface area (Å²) in [6, 6.07) is -2.02. The van der Waals surface area contributed by atoms with Crippen LogP contribution >= 0.6 is 0 Å². The van der Waals surface area contributed by atoms with Crippen LogP contribution in [0, 0.1) is 0 Å². The summed E-state index contributed by atoms with van der Waals surface area (Å²) in [6.07, 6.45) is -11.3. The van der Waals surface area contributed by atoms with Crippen LogP contribution in [-0.2, 0) is 41.7 Å². The Hall–Kier alpha value is -1.89. The van der Waals surface area contributed by atoms with E-state index in [0.29, 0.717) is 0 Å². The largest absolute Gasteiger partial charge is 0.501 e. The van der Waals surface area contributed by atoms with Gasteiger partial charge in [-0.15, -0.1) is 0 Å². The topological polar surface area (TPSA) is 83.1 Å². The van der Waals surface area contributed by atoms with Crippen molar-refractivity contribution in [3.05, 3.63) is 0 Å². The van der Waals surface area contributed by atoms with Crippen molar-refractivity contribution < 1.29 is 151 Å². The van der Waals surface area contributed by atoms with Crippen molar-refractivity contribution >= 4 is 8.80 Å². The van der Waals surface area contributed by atoms with Gasteiger partial charge in [-0.25, -0.2) is 0 Å². The second-order valence-corrected chi connectivity index (χ2v) is 15.2. The van der Waals surface area contributed by atoms with E-state index in [9.17, 15) is 101 Å². The Morgan fingerprint density at radius 3 is 0.734 bits per heavy atom. The molecule has 0 aromatic heterocycles. The van der Waals surface area contributed by atoms with Crippen LogP contribution in [0.3, 0.4) is 0 Å². The molecular weight excluding hydrogens is 995 g/mol. The highest BCUT2D eigenvalue weighted by molar-refractivity contribution is 6.60. The lowest BCUT2D eigenvalue weighted by molar-refractivity contribution is -0.482. The SMILES string of the molecule is COCCOCCO[Si](CCC(F)(F)C(F)(F)C(F)(F)C(F)(F)C(F)(F)C(F)(F)C(F)(F)C(F)(F)C(F)(F)C(F)(F)C(F)(F)C(F)(F)F)(OCCOCCOC)OCCOCCOC. The third-order valence-electron chi connectivity index (χ3n) is 8.05. The minimum atomic E-state index is -9.68. The molecule has 0 bridgehead atoms. The van der Waals surface area contributed by atoms with Crippen LogP contribution in [0.5, 0.6) is 0 Å². The molecule has 0 rings (SSSR count). The number of hydrogen-bond donors (Lipinski definition) is 0. The van der Waals surface area contributed by atoms with Gasteiger partial charge in [-0.1, -0.05) is 0 Å². The summed E-state index contributed by atoms with van der Waals surface area (Å²) < 4.78 is 394. The smallest absolute Gasteiger partial charge is 0.382 e. The van der Waals surface area contributed by atoms with E-state index in [1.807, 2.05) is 0 Å². The molecule has 0 aliphatic carbocycles. The third kappa shape index (κ3) is 12.2. The summed E-state index contributed by atoms with van der Waals surface area (Å²) >= 11 is 0. The molecular formula is C29H37F25O9Si. The first-order valence-corrected chi connectivity index (χ1v) is 18.9. The van der Waals surface area contributed by atoms with Crippen LogP contribution in [0.4, 0.5) is 110 Å². The minimum absolute atomic E-state index is 0.0955. The van der Waals surface area contributed by atoms with E-state index in [-0.39, 0.29) is 39.6 Å². The van der Waals surface area contributed by atoms with Gasteiger partial charge in [0.2, 0.25) is 0 Å². The highest BCUT2D eigenvalue weighted by Gasteiger charge is 2.99. The van der Waals surface area contributed by atoms with E-state index < -0.39 is 132 Å². The molecule has 64 heavy (non-hydrogen) atoms. The molecule has 0 aliphatic heterocycles. The lowest BCUT2D eigenvalue weighted by atomic mass is 9.84. The number of hydrogen-bond acceptors (Lipinski definition) is 9. The maximum absolute atomic E-state index is 15.1. The van der Waals surface area contributed by atoms with Gasteiger partial charge in [-0.2, -0.15) is 110 Å². The Morgan fingerprint density at radius 2 is 0.500 bits per heavy atom. The summed E-state index contributed by atoms with van der Waals surface area (Å²) in [5.41, 5.74) is 0. The van der Waals surface area contributed by atoms with Crippen LogP contribution in [0.15, 0.2) is 0 Å². The summed E-state index contributed by atoms with van der Waals surface area (Å²) in [6.45, 7) is -5.29. The maximum atomic E-state index is 15.1. The van der Waals surface area contributed by atoms with Gasteiger partial charge in [0.25, 0.3) is 0 Å². The second kappa shape index (κ2) is 22.5. The summed E-state index contributed by atoms with van der Waals surface area (Å²) in [7, 11) is -1.66. The van der Waals surface area contributed by atoms with Crippen molar-refractivity contribution in [1.82, 2.24) is 0 Å². The Labute approximate surface area is 345 Å². The molecule has 35 heteroatoms. The lowest BCUT2D eigenvalue weighted by Gasteiger charge is -2.45. The first kappa shape index (κ1) is 62.1. The van der Waals surface area contributed by atoms with Crippen molar-refractivity contribution in [2.75, 3.05) is 101 Å². The number of alkyl halides is 25. The Balaban J connectivity index is 7.18. The number of halogens is 25. The van der Waals surface area contributed by atoms with Gasteiger partial charge in [0.15, 0.2) is 0 Å². The molecule has 386 valence electrons. The van der Waals surface area contributed by atoms with E-state index in [2.05, 4.69) is 14.2 Å². The molecule has 0 aromatic rings. The maximum Gasteiger partial charge on any atom is 0.501 e. The predicted octanol–water partition coefficient (Wildman–Crippen LogP) is 8.90. The molecule has 0 radical (unpaired) electrons. The number of rotatable bonds is 34. The summed E-state index contributed by atoms with van der Waals surface area (Å²) in [5.74, 6) is -99.5. The van der Waals surface area contributed by atoms with E-state index in [4.69, 9.17) is 27.5 Å². The van der Waals surface area contributed by atoms with Crippen LogP contribution in [-0.4, -0.2) is 181 Å². The normalized spacial score (nSPS) is 15.4. The predicted molar refractivity (Wildman–Crippen MR) is 162 cm³/mol. The molecule has 0 N–H and O–H groups in total. The molecule has 0 saturated heterocycles. The molecule has 0 amide bonds. The first-order chi connectivity index (χ1) is 28.6. The molecule has 0 unspecified atom stereocenters. The summed E-state index contributed by atoms with van der Waals surface area (Å²) in [4.78, 5) is 0.